The largest absolute Gasteiger partial charge is 0.392 e. The number of fused-ring (bicyclic) bond motifs is 1. The average Bonchev–Trinajstić information content (AvgIpc) is 2.17. The maximum absolute atomic E-state index is 9.11. The van der Waals surface area contributed by atoms with Crippen molar-refractivity contribution in [3.05, 3.63) is 11.4 Å². The van der Waals surface area contributed by atoms with Gasteiger partial charge in [0.15, 0.2) is 0 Å². The smallest absolute Gasteiger partial charge is 0.103 e. The molecule has 0 aromatic rings. The van der Waals surface area contributed by atoms with Crippen molar-refractivity contribution in [3.63, 3.8) is 0 Å². The highest BCUT2D eigenvalue weighted by Gasteiger charge is 2.21. The molecule has 0 unspecified atom stereocenters. The van der Waals surface area contributed by atoms with Gasteiger partial charge >= 0.3 is 0 Å². The maximum atomic E-state index is 9.11. The summed E-state index contributed by atoms with van der Waals surface area (Å²) in [6.07, 6.45) is 3.48. The topological polar surface area (TPSA) is 35.5 Å². The van der Waals surface area contributed by atoms with E-state index in [2.05, 4.69) is 10.2 Å². The summed E-state index contributed by atoms with van der Waals surface area (Å²) in [4.78, 5) is 2.36. The van der Waals surface area contributed by atoms with Crippen LogP contribution in [-0.4, -0.2) is 36.2 Å². The van der Waals surface area contributed by atoms with Crippen LogP contribution in [0.4, 0.5) is 0 Å². The van der Waals surface area contributed by atoms with Crippen LogP contribution in [0.5, 0.6) is 0 Å². The first-order valence-corrected chi connectivity index (χ1v) is 4.73. The summed E-state index contributed by atoms with van der Waals surface area (Å²) in [5, 5.41) is 12.5. The third-order valence-electron chi connectivity index (χ3n) is 2.65. The number of hydrogen-bond acceptors (Lipinski definition) is 3. The molecule has 2 aliphatic heterocycles. The molecule has 0 atom stereocenters. The first-order valence-electron chi connectivity index (χ1n) is 4.73. The van der Waals surface area contributed by atoms with Gasteiger partial charge in [0.1, 0.15) is 5.82 Å². The molecule has 2 N–H and O–H groups in total. The van der Waals surface area contributed by atoms with Crippen LogP contribution in [-0.2, 0) is 0 Å². The van der Waals surface area contributed by atoms with Gasteiger partial charge in [0.25, 0.3) is 0 Å². The Labute approximate surface area is 73.1 Å². The van der Waals surface area contributed by atoms with Crippen LogP contribution in [0.1, 0.15) is 19.3 Å². The molecule has 2 heterocycles. The van der Waals surface area contributed by atoms with Gasteiger partial charge in [0, 0.05) is 19.6 Å². The van der Waals surface area contributed by atoms with E-state index < -0.39 is 0 Å². The van der Waals surface area contributed by atoms with Gasteiger partial charge in [-0.05, 0) is 24.8 Å². The van der Waals surface area contributed by atoms with Crippen LogP contribution in [0.3, 0.4) is 0 Å². The molecular weight excluding hydrogens is 152 g/mol. The third kappa shape index (κ3) is 1.29. The summed E-state index contributed by atoms with van der Waals surface area (Å²) in [6.45, 7) is 3.60. The minimum Gasteiger partial charge on any atom is -0.392 e. The summed E-state index contributed by atoms with van der Waals surface area (Å²) in [6, 6.07) is 0. The van der Waals surface area contributed by atoms with E-state index in [4.69, 9.17) is 5.11 Å². The Morgan fingerprint density at radius 3 is 3.00 bits per heavy atom. The van der Waals surface area contributed by atoms with E-state index in [1.165, 1.54) is 24.2 Å². The first-order chi connectivity index (χ1) is 5.92. The fourth-order valence-corrected chi connectivity index (χ4v) is 2.03. The number of rotatable bonds is 1. The molecular formula is C9H16N2O. The summed E-state index contributed by atoms with van der Waals surface area (Å²) in [5.74, 6) is 1.22. The lowest BCUT2D eigenvalue weighted by Crippen LogP contribution is -2.43. The summed E-state index contributed by atoms with van der Waals surface area (Å²) in [5.41, 5.74) is 1.20. The van der Waals surface area contributed by atoms with Gasteiger partial charge < -0.3 is 15.3 Å². The van der Waals surface area contributed by atoms with Crippen molar-refractivity contribution < 1.29 is 5.11 Å². The lowest BCUT2D eigenvalue weighted by atomic mass is 10.0. The van der Waals surface area contributed by atoms with Crippen molar-refractivity contribution in [3.8, 4) is 0 Å². The van der Waals surface area contributed by atoms with Gasteiger partial charge in [-0.1, -0.05) is 0 Å². The van der Waals surface area contributed by atoms with Gasteiger partial charge in [0.05, 0.1) is 6.61 Å². The van der Waals surface area contributed by atoms with Crippen LogP contribution in [0.15, 0.2) is 11.4 Å². The van der Waals surface area contributed by atoms with Crippen LogP contribution in [0.25, 0.3) is 0 Å². The second kappa shape index (κ2) is 3.35. The molecule has 1 fully saturated rings. The van der Waals surface area contributed by atoms with Gasteiger partial charge in [-0.2, -0.15) is 0 Å². The Morgan fingerprint density at radius 1 is 1.33 bits per heavy atom. The molecule has 2 aliphatic rings. The molecule has 0 aromatic carbocycles. The Bertz CT molecular complexity index is 201. The minimum atomic E-state index is 0.221. The highest BCUT2D eigenvalue weighted by molar-refractivity contribution is 5.16. The van der Waals surface area contributed by atoms with E-state index >= 15 is 0 Å². The summed E-state index contributed by atoms with van der Waals surface area (Å²) in [7, 11) is 0. The molecule has 0 spiro atoms. The van der Waals surface area contributed by atoms with E-state index in [0.29, 0.717) is 0 Å². The number of nitrogens with one attached hydrogen (secondary N) is 1. The van der Waals surface area contributed by atoms with Gasteiger partial charge in [-0.25, -0.2) is 0 Å². The monoisotopic (exact) mass is 168 g/mol. The normalized spacial score (nSPS) is 23.6. The van der Waals surface area contributed by atoms with Crippen LogP contribution >= 0.6 is 0 Å². The zero-order valence-corrected chi connectivity index (χ0v) is 7.34. The van der Waals surface area contributed by atoms with Gasteiger partial charge in [0.2, 0.25) is 0 Å². The fourth-order valence-electron chi connectivity index (χ4n) is 2.03. The number of aliphatic hydroxyl groups excluding tert-OH is 1. The van der Waals surface area contributed by atoms with Gasteiger partial charge in [-0.3, -0.25) is 0 Å². The Hall–Kier alpha value is -0.700. The quantitative estimate of drug-likeness (QED) is 0.590. The number of hydrogen-bond donors (Lipinski definition) is 2. The molecule has 0 bridgehead atoms. The number of aliphatic hydroxyl groups is 1. The second-order valence-corrected chi connectivity index (χ2v) is 3.48. The molecule has 0 radical (unpaired) electrons. The molecule has 1 saturated heterocycles. The van der Waals surface area contributed by atoms with Crippen molar-refractivity contribution in [2.75, 3.05) is 26.2 Å². The first kappa shape index (κ1) is 7.92. The van der Waals surface area contributed by atoms with E-state index in [1.807, 2.05) is 0 Å². The molecule has 12 heavy (non-hydrogen) atoms. The van der Waals surface area contributed by atoms with Crippen LogP contribution in [0, 0.1) is 0 Å². The molecule has 0 aromatic heterocycles. The van der Waals surface area contributed by atoms with Crippen LogP contribution < -0.4 is 5.32 Å². The standard InChI is InChI=1S/C9H16N2O/c12-7-8-3-1-5-11-6-2-4-10-9(8)11/h10,12H,1-7H2. The van der Waals surface area contributed by atoms with Crippen molar-refractivity contribution >= 4 is 0 Å². The molecule has 0 amide bonds. The Balaban J connectivity index is 2.19. The third-order valence-corrected chi connectivity index (χ3v) is 2.65. The van der Waals surface area contributed by atoms with Crippen molar-refractivity contribution in [1.29, 1.82) is 0 Å². The Kier molecular flexibility index (Phi) is 2.21. The molecule has 3 heteroatoms. The molecule has 0 saturated carbocycles. The van der Waals surface area contributed by atoms with Crippen molar-refractivity contribution in [2.45, 2.75) is 19.3 Å². The van der Waals surface area contributed by atoms with Crippen molar-refractivity contribution in [1.82, 2.24) is 10.2 Å². The van der Waals surface area contributed by atoms with E-state index in [-0.39, 0.29) is 6.61 Å². The summed E-state index contributed by atoms with van der Waals surface area (Å²) < 4.78 is 0. The minimum absolute atomic E-state index is 0.221. The van der Waals surface area contributed by atoms with Crippen molar-refractivity contribution in [2.24, 2.45) is 0 Å². The lowest BCUT2D eigenvalue weighted by Gasteiger charge is -2.37. The average molecular weight is 168 g/mol. The van der Waals surface area contributed by atoms with E-state index in [0.717, 1.165) is 26.1 Å². The zero-order chi connectivity index (χ0) is 8.39. The zero-order valence-electron chi connectivity index (χ0n) is 7.34. The predicted molar refractivity (Wildman–Crippen MR) is 47.5 cm³/mol. The maximum Gasteiger partial charge on any atom is 0.103 e. The van der Waals surface area contributed by atoms with E-state index in [9.17, 15) is 0 Å². The predicted octanol–water partition coefficient (Wildman–Crippen LogP) is 0.279. The number of nitrogens with zero attached hydrogens (tertiary/aromatic N) is 1. The van der Waals surface area contributed by atoms with Gasteiger partial charge in [-0.15, -0.1) is 0 Å². The second-order valence-electron chi connectivity index (χ2n) is 3.48. The lowest BCUT2D eigenvalue weighted by molar-refractivity contribution is 0.237. The highest BCUT2D eigenvalue weighted by atomic mass is 16.3. The fraction of sp³-hybridized carbons (Fsp3) is 0.778. The Morgan fingerprint density at radius 2 is 2.17 bits per heavy atom. The molecule has 0 aliphatic carbocycles. The summed E-state index contributed by atoms with van der Waals surface area (Å²) >= 11 is 0. The molecule has 3 nitrogen and oxygen atoms in total. The molecule has 2 rings (SSSR count). The van der Waals surface area contributed by atoms with E-state index in [1.54, 1.807) is 0 Å². The molecule has 68 valence electrons. The SMILES string of the molecule is OCC1=C2NCCCN2CCC1. The van der Waals surface area contributed by atoms with Crippen LogP contribution in [0.2, 0.25) is 0 Å². The highest BCUT2D eigenvalue weighted by Crippen LogP contribution is 2.21.